The smallest absolute Gasteiger partial charge is 0.226 e. The van der Waals surface area contributed by atoms with Gasteiger partial charge in [-0.15, -0.1) is 0 Å². The number of hydrogen-bond donors (Lipinski definition) is 3. The van der Waals surface area contributed by atoms with E-state index in [9.17, 15) is 0 Å². The van der Waals surface area contributed by atoms with E-state index in [0.29, 0.717) is 29.1 Å². The summed E-state index contributed by atoms with van der Waals surface area (Å²) in [7, 11) is 0. The van der Waals surface area contributed by atoms with Crippen LogP contribution in [-0.2, 0) is 6.54 Å². The van der Waals surface area contributed by atoms with Gasteiger partial charge in [0.2, 0.25) is 11.8 Å². The number of hydrogen-bond acceptors (Lipinski definition) is 5. The van der Waals surface area contributed by atoms with Crippen molar-refractivity contribution in [3.63, 3.8) is 0 Å². The summed E-state index contributed by atoms with van der Waals surface area (Å²) in [6.45, 7) is 0.492. The Morgan fingerprint density at radius 1 is 1.12 bits per heavy atom. The highest BCUT2D eigenvalue weighted by molar-refractivity contribution is 6.30. The number of nitrogens with zero attached hydrogens (tertiary/aromatic N) is 2. The Hall–Kier alpha value is -2.99. The molecule has 24 heavy (non-hydrogen) atoms. The number of rotatable bonds is 4. The molecule has 0 atom stereocenters. The average molecular weight is 340 g/mol. The molecule has 0 spiro atoms. The fourth-order valence-electron chi connectivity index (χ4n) is 2.40. The molecule has 0 amide bonds. The zero-order chi connectivity index (χ0) is 16.5. The molecule has 7 heteroatoms. The van der Waals surface area contributed by atoms with Crippen molar-refractivity contribution in [1.29, 1.82) is 0 Å². The Labute approximate surface area is 142 Å². The van der Waals surface area contributed by atoms with Crippen LogP contribution in [0.15, 0.2) is 53.1 Å². The van der Waals surface area contributed by atoms with Crippen LogP contribution in [0.1, 0.15) is 5.69 Å². The van der Waals surface area contributed by atoms with E-state index in [2.05, 4.69) is 20.3 Å². The third kappa shape index (κ3) is 2.91. The van der Waals surface area contributed by atoms with Crippen LogP contribution in [0, 0.1) is 0 Å². The first kappa shape index (κ1) is 14.6. The van der Waals surface area contributed by atoms with E-state index in [1.54, 1.807) is 18.4 Å². The molecule has 0 aliphatic heterocycles. The number of oxazole rings is 1. The predicted molar refractivity (Wildman–Crippen MR) is 94.8 cm³/mol. The highest BCUT2D eigenvalue weighted by atomic mass is 35.5. The summed E-state index contributed by atoms with van der Waals surface area (Å²) >= 11 is 5.89. The van der Waals surface area contributed by atoms with E-state index in [0.717, 1.165) is 22.3 Å². The fraction of sp³-hybridized carbons (Fsp3) is 0.0588. The molecule has 0 saturated heterocycles. The second kappa shape index (κ2) is 5.90. The molecule has 2 aromatic heterocycles. The van der Waals surface area contributed by atoms with Crippen LogP contribution in [-0.4, -0.2) is 15.0 Å². The lowest BCUT2D eigenvalue weighted by atomic mass is 10.2. The highest BCUT2D eigenvalue weighted by Gasteiger charge is 2.08. The van der Waals surface area contributed by atoms with Gasteiger partial charge in [0.15, 0.2) is 0 Å². The SMILES string of the molecule is Nc1ccc2nc(NCc3coc(-c4ccc(Cl)cc4)n3)[nH]c2c1. The normalized spacial score (nSPS) is 11.0. The van der Waals surface area contributed by atoms with Gasteiger partial charge in [0.25, 0.3) is 0 Å². The number of nitrogen functional groups attached to an aromatic ring is 1. The molecular formula is C17H14ClN5O. The van der Waals surface area contributed by atoms with E-state index in [1.807, 2.05) is 30.3 Å². The van der Waals surface area contributed by atoms with Crippen LogP contribution >= 0.6 is 11.6 Å². The van der Waals surface area contributed by atoms with Crippen molar-refractivity contribution >= 4 is 34.3 Å². The summed E-state index contributed by atoms with van der Waals surface area (Å²) in [5, 5.41) is 3.87. The van der Waals surface area contributed by atoms with Gasteiger partial charge < -0.3 is 20.5 Å². The van der Waals surface area contributed by atoms with Gasteiger partial charge in [-0.05, 0) is 42.5 Å². The number of nitrogens with one attached hydrogen (secondary N) is 2. The average Bonchev–Trinajstić information content (AvgIpc) is 3.19. The standard InChI is InChI=1S/C17H14ClN5O/c18-11-3-1-10(2-4-11)16-21-13(9-24-16)8-20-17-22-14-6-5-12(19)7-15(14)23-17/h1-7,9H,8,19H2,(H2,20,22,23). The summed E-state index contributed by atoms with van der Waals surface area (Å²) in [6.07, 6.45) is 1.62. The van der Waals surface area contributed by atoms with Gasteiger partial charge in [-0.1, -0.05) is 11.6 Å². The summed E-state index contributed by atoms with van der Waals surface area (Å²) < 4.78 is 5.51. The molecule has 4 N–H and O–H groups in total. The first-order chi connectivity index (χ1) is 11.7. The molecule has 2 aromatic carbocycles. The van der Waals surface area contributed by atoms with E-state index < -0.39 is 0 Å². The first-order valence-corrected chi connectivity index (χ1v) is 7.75. The van der Waals surface area contributed by atoms with Crippen molar-refractivity contribution in [3.05, 3.63) is 59.4 Å². The van der Waals surface area contributed by atoms with E-state index >= 15 is 0 Å². The summed E-state index contributed by atoms with van der Waals surface area (Å²) in [4.78, 5) is 12.1. The largest absolute Gasteiger partial charge is 0.444 e. The molecule has 4 rings (SSSR count). The Balaban J connectivity index is 1.48. The topological polar surface area (TPSA) is 92.8 Å². The zero-order valence-corrected chi connectivity index (χ0v) is 13.3. The minimum atomic E-state index is 0.492. The van der Waals surface area contributed by atoms with Gasteiger partial charge in [-0.2, -0.15) is 0 Å². The van der Waals surface area contributed by atoms with Crippen LogP contribution in [0.3, 0.4) is 0 Å². The van der Waals surface area contributed by atoms with Gasteiger partial charge in [0.05, 0.1) is 23.3 Å². The second-order valence-electron chi connectivity index (χ2n) is 5.37. The number of aromatic nitrogens is 3. The number of nitrogens with two attached hydrogens (primary N) is 1. The van der Waals surface area contributed by atoms with Crippen molar-refractivity contribution in [2.75, 3.05) is 11.1 Å². The molecule has 0 aliphatic carbocycles. The predicted octanol–water partition coefficient (Wildman–Crippen LogP) is 4.07. The molecule has 0 fully saturated rings. The molecule has 4 aromatic rings. The Bertz CT molecular complexity index is 990. The monoisotopic (exact) mass is 339 g/mol. The van der Waals surface area contributed by atoms with Crippen molar-refractivity contribution in [1.82, 2.24) is 15.0 Å². The lowest BCUT2D eigenvalue weighted by molar-refractivity contribution is 0.573. The van der Waals surface area contributed by atoms with E-state index in [-0.39, 0.29) is 0 Å². The number of fused-ring (bicyclic) bond motifs is 1. The van der Waals surface area contributed by atoms with Crippen molar-refractivity contribution < 1.29 is 4.42 Å². The lowest BCUT2D eigenvalue weighted by Crippen LogP contribution is -2.01. The maximum absolute atomic E-state index is 5.89. The van der Waals surface area contributed by atoms with Crippen molar-refractivity contribution in [3.8, 4) is 11.5 Å². The van der Waals surface area contributed by atoms with Gasteiger partial charge in [0, 0.05) is 16.3 Å². The van der Waals surface area contributed by atoms with Crippen LogP contribution in [0.4, 0.5) is 11.6 Å². The fourth-order valence-corrected chi connectivity index (χ4v) is 2.52. The Morgan fingerprint density at radius 2 is 1.96 bits per heavy atom. The first-order valence-electron chi connectivity index (χ1n) is 7.37. The third-order valence-corrected chi connectivity index (χ3v) is 3.84. The molecule has 6 nitrogen and oxygen atoms in total. The number of anilines is 2. The number of halogens is 1. The minimum absolute atomic E-state index is 0.492. The number of imidazole rings is 1. The number of aromatic amines is 1. The van der Waals surface area contributed by atoms with Gasteiger partial charge in [0.1, 0.15) is 6.26 Å². The summed E-state index contributed by atoms with van der Waals surface area (Å²) in [6, 6.07) is 12.9. The quantitative estimate of drug-likeness (QED) is 0.487. The van der Waals surface area contributed by atoms with Crippen molar-refractivity contribution in [2.24, 2.45) is 0 Å². The number of benzene rings is 2. The Morgan fingerprint density at radius 3 is 2.79 bits per heavy atom. The van der Waals surface area contributed by atoms with Crippen molar-refractivity contribution in [2.45, 2.75) is 6.54 Å². The highest BCUT2D eigenvalue weighted by Crippen LogP contribution is 2.21. The molecule has 120 valence electrons. The lowest BCUT2D eigenvalue weighted by Gasteiger charge is -1.98. The Kier molecular flexibility index (Phi) is 3.59. The molecule has 2 heterocycles. The van der Waals surface area contributed by atoms with Crippen LogP contribution in [0.5, 0.6) is 0 Å². The molecular weight excluding hydrogens is 326 g/mol. The molecule has 0 saturated carbocycles. The third-order valence-electron chi connectivity index (χ3n) is 3.59. The van der Waals surface area contributed by atoms with Crippen LogP contribution in [0.25, 0.3) is 22.5 Å². The number of H-pyrrole nitrogens is 1. The van der Waals surface area contributed by atoms with E-state index in [1.165, 1.54) is 0 Å². The van der Waals surface area contributed by atoms with Gasteiger partial charge >= 0.3 is 0 Å². The molecule has 0 aliphatic rings. The summed E-state index contributed by atoms with van der Waals surface area (Å²) in [5.74, 6) is 1.22. The molecule has 0 radical (unpaired) electrons. The van der Waals surface area contributed by atoms with Gasteiger partial charge in [-0.25, -0.2) is 9.97 Å². The second-order valence-corrected chi connectivity index (χ2v) is 5.80. The van der Waals surface area contributed by atoms with Gasteiger partial charge in [-0.3, -0.25) is 0 Å². The molecule has 0 bridgehead atoms. The molecule has 0 unspecified atom stereocenters. The maximum atomic E-state index is 5.89. The van der Waals surface area contributed by atoms with Crippen LogP contribution < -0.4 is 11.1 Å². The maximum Gasteiger partial charge on any atom is 0.226 e. The zero-order valence-electron chi connectivity index (χ0n) is 12.6. The minimum Gasteiger partial charge on any atom is -0.444 e. The summed E-state index contributed by atoms with van der Waals surface area (Å²) in [5.41, 5.74) is 9.86. The van der Waals surface area contributed by atoms with Crippen LogP contribution in [0.2, 0.25) is 5.02 Å². The van der Waals surface area contributed by atoms with E-state index in [4.69, 9.17) is 21.8 Å².